The van der Waals surface area contributed by atoms with Crippen molar-refractivity contribution in [3.63, 3.8) is 0 Å². The highest BCUT2D eigenvalue weighted by Gasteiger charge is 2.17. The van der Waals surface area contributed by atoms with E-state index in [-0.39, 0.29) is 5.82 Å². The van der Waals surface area contributed by atoms with Gasteiger partial charge < -0.3 is 10.1 Å². The monoisotopic (exact) mass is 209 g/mol. The van der Waals surface area contributed by atoms with Gasteiger partial charge in [-0.05, 0) is 37.4 Å². The van der Waals surface area contributed by atoms with Gasteiger partial charge in [0.05, 0.1) is 7.11 Å². The van der Waals surface area contributed by atoms with Crippen LogP contribution in [0.2, 0.25) is 0 Å². The molecule has 0 amide bonds. The second kappa shape index (κ2) is 4.62. The molecule has 2 rings (SSSR count). The number of hydrogen-bond donors (Lipinski definition) is 1. The Balaban J connectivity index is 2.15. The molecule has 1 aliphatic heterocycles. The van der Waals surface area contributed by atoms with Crippen LogP contribution in [0, 0.1) is 5.82 Å². The van der Waals surface area contributed by atoms with Crippen LogP contribution in [-0.4, -0.2) is 19.7 Å². The van der Waals surface area contributed by atoms with E-state index in [1.807, 2.05) is 6.07 Å². The fraction of sp³-hybridized carbons (Fsp3) is 0.500. The quantitative estimate of drug-likeness (QED) is 0.823. The molecule has 1 aromatic rings. The van der Waals surface area contributed by atoms with Crippen LogP contribution < -0.4 is 10.1 Å². The van der Waals surface area contributed by atoms with Crippen molar-refractivity contribution in [1.82, 2.24) is 5.32 Å². The Morgan fingerprint density at radius 2 is 2.40 bits per heavy atom. The van der Waals surface area contributed by atoms with E-state index in [4.69, 9.17) is 4.74 Å². The maximum Gasteiger partial charge on any atom is 0.165 e. The molecule has 1 N–H and O–H groups in total. The van der Waals surface area contributed by atoms with Crippen molar-refractivity contribution in [3.8, 4) is 5.75 Å². The summed E-state index contributed by atoms with van der Waals surface area (Å²) in [6, 6.07) is 5.58. The van der Waals surface area contributed by atoms with Gasteiger partial charge in [-0.3, -0.25) is 0 Å². The fourth-order valence-electron chi connectivity index (χ4n) is 2.14. The zero-order valence-electron chi connectivity index (χ0n) is 8.92. The molecule has 1 atom stereocenters. The summed E-state index contributed by atoms with van der Waals surface area (Å²) in [4.78, 5) is 0. The average molecular weight is 209 g/mol. The van der Waals surface area contributed by atoms with Gasteiger partial charge in [0.15, 0.2) is 11.6 Å². The minimum Gasteiger partial charge on any atom is -0.493 e. The second-order valence-electron chi connectivity index (χ2n) is 3.93. The van der Waals surface area contributed by atoms with Gasteiger partial charge in [-0.1, -0.05) is 12.1 Å². The Bertz CT molecular complexity index is 334. The third-order valence-corrected chi connectivity index (χ3v) is 2.88. The largest absolute Gasteiger partial charge is 0.493 e. The van der Waals surface area contributed by atoms with E-state index in [9.17, 15) is 4.39 Å². The number of hydrogen-bond acceptors (Lipinski definition) is 2. The van der Waals surface area contributed by atoms with E-state index in [1.54, 1.807) is 6.07 Å². The predicted octanol–water partition coefficient (Wildman–Crippen LogP) is 2.13. The van der Waals surface area contributed by atoms with Crippen molar-refractivity contribution in [3.05, 3.63) is 29.6 Å². The van der Waals surface area contributed by atoms with Gasteiger partial charge in [-0.15, -0.1) is 0 Å². The molecule has 1 aliphatic rings. The van der Waals surface area contributed by atoms with Crippen LogP contribution >= 0.6 is 0 Å². The van der Waals surface area contributed by atoms with E-state index in [1.165, 1.54) is 26.0 Å². The Morgan fingerprint density at radius 3 is 3.07 bits per heavy atom. The first-order chi connectivity index (χ1) is 7.31. The first-order valence-electron chi connectivity index (χ1n) is 5.36. The first-order valence-corrected chi connectivity index (χ1v) is 5.36. The molecular formula is C12H16FNO. The van der Waals surface area contributed by atoms with Crippen LogP contribution in [0.15, 0.2) is 18.2 Å². The summed E-state index contributed by atoms with van der Waals surface area (Å²) in [5.41, 5.74) is 0.955. The number of nitrogens with one attached hydrogen (secondary N) is 1. The molecular weight excluding hydrogens is 193 g/mol. The SMILES string of the molecule is COc1c(F)cccc1CC1CCCN1. The maximum absolute atomic E-state index is 13.4. The second-order valence-corrected chi connectivity index (χ2v) is 3.93. The Labute approximate surface area is 89.4 Å². The van der Waals surface area contributed by atoms with Crippen molar-refractivity contribution < 1.29 is 9.13 Å². The zero-order chi connectivity index (χ0) is 10.7. The molecule has 3 heteroatoms. The van der Waals surface area contributed by atoms with Crippen LogP contribution in [0.5, 0.6) is 5.75 Å². The fourth-order valence-corrected chi connectivity index (χ4v) is 2.14. The van der Waals surface area contributed by atoms with Gasteiger partial charge in [0.25, 0.3) is 0 Å². The number of halogens is 1. The molecule has 0 aliphatic carbocycles. The molecule has 2 nitrogen and oxygen atoms in total. The number of benzene rings is 1. The lowest BCUT2D eigenvalue weighted by molar-refractivity contribution is 0.379. The molecule has 0 aromatic heterocycles. The zero-order valence-corrected chi connectivity index (χ0v) is 8.92. The molecule has 0 bridgehead atoms. The standard InChI is InChI=1S/C12H16FNO/c1-15-12-9(4-2-6-11(12)13)8-10-5-3-7-14-10/h2,4,6,10,14H,3,5,7-8H2,1H3. The van der Waals surface area contributed by atoms with Crippen molar-refractivity contribution in [2.45, 2.75) is 25.3 Å². The lowest BCUT2D eigenvalue weighted by atomic mass is 10.0. The maximum atomic E-state index is 13.4. The van der Waals surface area contributed by atoms with Gasteiger partial charge in [0.2, 0.25) is 0 Å². The summed E-state index contributed by atoms with van der Waals surface area (Å²) in [6.45, 7) is 1.07. The third-order valence-electron chi connectivity index (χ3n) is 2.88. The summed E-state index contributed by atoms with van der Waals surface area (Å²) >= 11 is 0. The van der Waals surface area contributed by atoms with E-state index in [0.29, 0.717) is 11.8 Å². The van der Waals surface area contributed by atoms with Crippen molar-refractivity contribution in [1.29, 1.82) is 0 Å². The number of ether oxygens (including phenoxy) is 1. The summed E-state index contributed by atoms with van der Waals surface area (Å²) in [5, 5.41) is 3.40. The smallest absolute Gasteiger partial charge is 0.165 e. The number of para-hydroxylation sites is 1. The molecule has 1 saturated heterocycles. The molecule has 1 heterocycles. The van der Waals surface area contributed by atoms with Crippen LogP contribution in [0.1, 0.15) is 18.4 Å². The molecule has 1 fully saturated rings. The number of methoxy groups -OCH3 is 1. The highest BCUT2D eigenvalue weighted by Crippen LogP contribution is 2.24. The van der Waals surface area contributed by atoms with Crippen LogP contribution in [-0.2, 0) is 6.42 Å². The Morgan fingerprint density at radius 1 is 1.53 bits per heavy atom. The van der Waals surface area contributed by atoms with E-state index in [2.05, 4.69) is 5.32 Å². The van der Waals surface area contributed by atoms with Gasteiger partial charge in [0.1, 0.15) is 0 Å². The average Bonchev–Trinajstić information content (AvgIpc) is 2.71. The van der Waals surface area contributed by atoms with Crippen molar-refractivity contribution in [2.24, 2.45) is 0 Å². The topological polar surface area (TPSA) is 21.3 Å². The first kappa shape index (κ1) is 10.4. The highest BCUT2D eigenvalue weighted by atomic mass is 19.1. The van der Waals surface area contributed by atoms with Gasteiger partial charge in [0, 0.05) is 6.04 Å². The lowest BCUT2D eigenvalue weighted by Gasteiger charge is -2.13. The van der Waals surface area contributed by atoms with E-state index >= 15 is 0 Å². The summed E-state index contributed by atoms with van der Waals surface area (Å²) in [5.74, 6) is 0.124. The van der Waals surface area contributed by atoms with Gasteiger partial charge >= 0.3 is 0 Å². The molecule has 82 valence electrons. The summed E-state index contributed by atoms with van der Waals surface area (Å²) in [7, 11) is 1.52. The van der Waals surface area contributed by atoms with Crippen LogP contribution in [0.4, 0.5) is 4.39 Å². The van der Waals surface area contributed by atoms with E-state index in [0.717, 1.165) is 18.5 Å². The Hall–Kier alpha value is -1.09. The summed E-state index contributed by atoms with van der Waals surface area (Å²) < 4.78 is 18.5. The molecule has 0 saturated carbocycles. The van der Waals surface area contributed by atoms with Crippen LogP contribution in [0.3, 0.4) is 0 Å². The summed E-state index contributed by atoms with van der Waals surface area (Å²) in [6.07, 6.45) is 3.23. The predicted molar refractivity (Wildman–Crippen MR) is 57.7 cm³/mol. The molecule has 15 heavy (non-hydrogen) atoms. The van der Waals surface area contributed by atoms with Gasteiger partial charge in [-0.25, -0.2) is 4.39 Å². The van der Waals surface area contributed by atoms with E-state index < -0.39 is 0 Å². The molecule has 0 spiro atoms. The molecule has 0 radical (unpaired) electrons. The highest BCUT2D eigenvalue weighted by molar-refractivity contribution is 5.35. The minimum absolute atomic E-state index is 0.270. The normalized spacial score (nSPS) is 20.5. The molecule has 1 unspecified atom stereocenters. The lowest BCUT2D eigenvalue weighted by Crippen LogP contribution is -2.23. The molecule has 1 aromatic carbocycles. The minimum atomic E-state index is -0.270. The van der Waals surface area contributed by atoms with Crippen LogP contribution in [0.25, 0.3) is 0 Å². The Kier molecular flexibility index (Phi) is 3.21. The van der Waals surface area contributed by atoms with Crippen molar-refractivity contribution in [2.75, 3.05) is 13.7 Å². The third kappa shape index (κ3) is 2.29. The van der Waals surface area contributed by atoms with Gasteiger partial charge in [-0.2, -0.15) is 0 Å². The number of rotatable bonds is 3. The van der Waals surface area contributed by atoms with Crippen molar-refractivity contribution >= 4 is 0 Å².